The van der Waals surface area contributed by atoms with E-state index in [0.29, 0.717) is 22.9 Å². The van der Waals surface area contributed by atoms with Gasteiger partial charge in [-0.05, 0) is 13.5 Å². The van der Waals surface area contributed by atoms with Crippen LogP contribution in [0.15, 0.2) is 23.2 Å². The van der Waals surface area contributed by atoms with Gasteiger partial charge < -0.3 is 4.74 Å². The van der Waals surface area contributed by atoms with Crippen LogP contribution in [0.4, 0.5) is 0 Å². The molecule has 0 aromatic heterocycles. The normalized spacial score (nSPS) is 8.50. The van der Waals surface area contributed by atoms with Crippen LogP contribution in [-0.4, -0.2) is 12.9 Å². The largest absolute Gasteiger partial charge is 0.488 e. The quantitative estimate of drug-likeness (QED) is 0.347. The van der Waals surface area contributed by atoms with Crippen LogP contribution in [0.3, 0.4) is 0 Å². The van der Waals surface area contributed by atoms with Gasteiger partial charge in [0.25, 0.3) is 0 Å². The molecule has 0 aliphatic heterocycles. The zero-order chi connectivity index (χ0) is 7.98. The van der Waals surface area contributed by atoms with Gasteiger partial charge in [0.2, 0.25) is 0 Å². The number of allylic oxidation sites excluding steroid dienone is 1. The Balaban J connectivity index is 3.57. The van der Waals surface area contributed by atoms with Crippen molar-refractivity contribution >= 4 is 18.0 Å². The smallest absolute Gasteiger partial charge is 0.156 e. The maximum absolute atomic E-state index is 10.0. The molecular formula is C7H10O2S. The van der Waals surface area contributed by atoms with E-state index in [-0.39, 0.29) is 0 Å². The van der Waals surface area contributed by atoms with E-state index < -0.39 is 0 Å². The maximum atomic E-state index is 10.0. The summed E-state index contributed by atoms with van der Waals surface area (Å²) in [5.41, 5.74) is 0. The fourth-order valence-electron chi connectivity index (χ4n) is 0.361. The Kier molecular flexibility index (Phi) is 4.76. The summed E-state index contributed by atoms with van der Waals surface area (Å²) in [5.74, 6) is 0. The molecule has 0 aromatic carbocycles. The van der Waals surface area contributed by atoms with Crippen LogP contribution in [0.5, 0.6) is 0 Å². The first-order valence-corrected chi connectivity index (χ1v) is 3.66. The minimum Gasteiger partial charge on any atom is -0.488 e. The van der Waals surface area contributed by atoms with Gasteiger partial charge in [0.05, 0.1) is 6.61 Å². The second kappa shape index (κ2) is 5.11. The summed E-state index contributed by atoms with van der Waals surface area (Å²) in [5, 5.41) is 0.514. The van der Waals surface area contributed by atoms with Gasteiger partial charge in [0, 0.05) is 4.91 Å². The first-order chi connectivity index (χ1) is 4.70. The Bertz CT molecular complexity index is 152. The number of thioether (sulfide) groups is 1. The SMILES string of the molecule is C=C(C=O)SC(=C)OCC. The third-order valence-electron chi connectivity index (χ3n) is 0.682. The van der Waals surface area contributed by atoms with E-state index in [4.69, 9.17) is 4.74 Å². The summed E-state index contributed by atoms with van der Waals surface area (Å²) >= 11 is 1.14. The number of hydrogen-bond acceptors (Lipinski definition) is 3. The van der Waals surface area contributed by atoms with E-state index >= 15 is 0 Å². The monoisotopic (exact) mass is 158 g/mol. The molecule has 0 heterocycles. The highest BCUT2D eigenvalue weighted by molar-refractivity contribution is 8.07. The fraction of sp³-hybridized carbons (Fsp3) is 0.286. The Hall–Kier alpha value is -0.700. The lowest BCUT2D eigenvalue weighted by Crippen LogP contribution is -1.85. The third-order valence-corrected chi connectivity index (χ3v) is 1.39. The van der Waals surface area contributed by atoms with E-state index in [1.165, 1.54) is 0 Å². The van der Waals surface area contributed by atoms with Crippen LogP contribution in [0.1, 0.15) is 6.92 Å². The molecule has 0 amide bonds. The summed E-state index contributed by atoms with van der Waals surface area (Å²) in [6.45, 7) is 9.43. The summed E-state index contributed by atoms with van der Waals surface area (Å²) in [4.78, 5) is 10.4. The zero-order valence-corrected chi connectivity index (χ0v) is 6.74. The number of ether oxygens (including phenoxy) is 1. The van der Waals surface area contributed by atoms with Crippen LogP contribution in [0.25, 0.3) is 0 Å². The van der Waals surface area contributed by atoms with Crippen molar-refractivity contribution in [2.45, 2.75) is 6.92 Å². The number of rotatable bonds is 5. The summed E-state index contributed by atoms with van der Waals surface area (Å²) < 4.78 is 4.96. The van der Waals surface area contributed by atoms with E-state index in [1.54, 1.807) is 0 Å². The molecule has 0 aromatic rings. The summed E-state index contributed by atoms with van der Waals surface area (Å²) in [6, 6.07) is 0. The molecule has 0 saturated heterocycles. The van der Waals surface area contributed by atoms with Crippen molar-refractivity contribution in [3.63, 3.8) is 0 Å². The lowest BCUT2D eigenvalue weighted by atomic mass is 10.7. The van der Waals surface area contributed by atoms with Crippen LogP contribution < -0.4 is 0 Å². The van der Waals surface area contributed by atoms with Crippen LogP contribution in [0, 0.1) is 0 Å². The van der Waals surface area contributed by atoms with Crippen molar-refractivity contribution in [3.8, 4) is 0 Å². The molecule has 0 aliphatic rings. The second-order valence-electron chi connectivity index (χ2n) is 1.49. The van der Waals surface area contributed by atoms with Gasteiger partial charge in [-0.25, -0.2) is 0 Å². The Morgan fingerprint density at radius 3 is 2.70 bits per heavy atom. The van der Waals surface area contributed by atoms with Crippen molar-refractivity contribution in [2.75, 3.05) is 6.61 Å². The fourth-order valence-corrected chi connectivity index (χ4v) is 0.878. The first kappa shape index (κ1) is 9.30. The van der Waals surface area contributed by atoms with E-state index in [2.05, 4.69) is 13.2 Å². The lowest BCUT2D eigenvalue weighted by molar-refractivity contribution is -0.104. The number of carbonyl (C=O) groups is 1. The van der Waals surface area contributed by atoms with Crippen LogP contribution >= 0.6 is 11.8 Å². The molecule has 0 spiro atoms. The average Bonchev–Trinajstić information content (AvgIpc) is 1.88. The predicted octanol–water partition coefficient (Wildman–Crippen LogP) is 1.94. The highest BCUT2D eigenvalue weighted by Crippen LogP contribution is 2.20. The van der Waals surface area contributed by atoms with E-state index in [9.17, 15) is 4.79 Å². The van der Waals surface area contributed by atoms with Crippen molar-refractivity contribution in [1.29, 1.82) is 0 Å². The van der Waals surface area contributed by atoms with Crippen molar-refractivity contribution in [1.82, 2.24) is 0 Å². The molecule has 2 nitrogen and oxygen atoms in total. The van der Waals surface area contributed by atoms with Gasteiger partial charge in [-0.3, -0.25) is 4.79 Å². The molecule has 0 radical (unpaired) electrons. The molecule has 0 unspecified atom stereocenters. The highest BCUT2D eigenvalue weighted by Gasteiger charge is 1.96. The van der Waals surface area contributed by atoms with Gasteiger partial charge in [0.15, 0.2) is 11.4 Å². The number of hydrogen-bond donors (Lipinski definition) is 0. The van der Waals surface area contributed by atoms with Gasteiger partial charge in [-0.1, -0.05) is 18.3 Å². The second-order valence-corrected chi connectivity index (χ2v) is 2.68. The molecule has 0 bridgehead atoms. The molecule has 10 heavy (non-hydrogen) atoms. The van der Waals surface area contributed by atoms with Gasteiger partial charge >= 0.3 is 0 Å². The van der Waals surface area contributed by atoms with Gasteiger partial charge in [-0.15, -0.1) is 0 Å². The number of carbonyl (C=O) groups excluding carboxylic acids is 1. The summed E-state index contributed by atoms with van der Waals surface area (Å²) in [6.07, 6.45) is 0.675. The van der Waals surface area contributed by atoms with E-state index in [1.807, 2.05) is 6.92 Å². The predicted molar refractivity (Wildman–Crippen MR) is 43.6 cm³/mol. The van der Waals surface area contributed by atoms with Crippen LogP contribution in [-0.2, 0) is 9.53 Å². The van der Waals surface area contributed by atoms with Crippen molar-refractivity contribution in [2.24, 2.45) is 0 Å². The molecule has 0 fully saturated rings. The first-order valence-electron chi connectivity index (χ1n) is 2.84. The summed E-state index contributed by atoms with van der Waals surface area (Å²) in [7, 11) is 0. The standard InChI is InChI=1S/C7H10O2S/c1-4-9-7(3)10-6(2)5-8/h5H,2-4H2,1H3. The zero-order valence-electron chi connectivity index (χ0n) is 5.92. The molecule has 0 aliphatic carbocycles. The van der Waals surface area contributed by atoms with Crippen molar-refractivity contribution < 1.29 is 9.53 Å². The molecule has 56 valence electrons. The van der Waals surface area contributed by atoms with Gasteiger partial charge in [-0.2, -0.15) is 0 Å². The molecule has 3 heteroatoms. The minimum absolute atomic E-state index is 0.415. The molecule has 0 atom stereocenters. The molecular weight excluding hydrogens is 148 g/mol. The molecule has 0 saturated carbocycles. The van der Waals surface area contributed by atoms with Crippen molar-refractivity contribution in [3.05, 3.63) is 23.2 Å². The Labute approximate surface area is 64.9 Å². The third kappa shape index (κ3) is 4.21. The Morgan fingerprint density at radius 2 is 2.30 bits per heavy atom. The molecule has 0 N–H and O–H groups in total. The number of aldehydes is 1. The average molecular weight is 158 g/mol. The van der Waals surface area contributed by atoms with Crippen LogP contribution in [0.2, 0.25) is 0 Å². The lowest BCUT2D eigenvalue weighted by Gasteiger charge is -2.02. The Morgan fingerprint density at radius 1 is 1.70 bits per heavy atom. The maximum Gasteiger partial charge on any atom is 0.156 e. The molecule has 0 rings (SSSR count). The minimum atomic E-state index is 0.415. The van der Waals surface area contributed by atoms with E-state index in [0.717, 1.165) is 11.8 Å². The van der Waals surface area contributed by atoms with Gasteiger partial charge in [0.1, 0.15) is 0 Å². The topological polar surface area (TPSA) is 26.3 Å². The highest BCUT2D eigenvalue weighted by atomic mass is 32.2.